The molecule has 0 saturated heterocycles. The second kappa shape index (κ2) is 8.02. The highest BCUT2D eigenvalue weighted by Crippen LogP contribution is 2.31. The highest BCUT2D eigenvalue weighted by Gasteiger charge is 2.32. The van der Waals surface area contributed by atoms with Gasteiger partial charge in [0.25, 0.3) is 0 Å². The van der Waals surface area contributed by atoms with Crippen molar-refractivity contribution in [2.75, 3.05) is 11.9 Å². The van der Waals surface area contributed by atoms with Crippen LogP contribution in [0.3, 0.4) is 0 Å². The maximum Gasteiger partial charge on any atom is 0.238 e. The Hall–Kier alpha value is -2.87. The second-order valence-electron chi connectivity index (χ2n) is 6.63. The fourth-order valence-corrected chi connectivity index (χ4v) is 4.33. The van der Waals surface area contributed by atoms with Crippen LogP contribution in [0.4, 0.5) is 5.69 Å². The summed E-state index contributed by atoms with van der Waals surface area (Å²) in [4.78, 5) is 23.8. The molecule has 0 saturated carbocycles. The maximum atomic E-state index is 12.8. The first-order chi connectivity index (χ1) is 13.3. The number of carbonyl (C=O) groups excluding carboxylic acids is 2. The number of sulfone groups is 1. The molecule has 2 aromatic carbocycles. The Labute approximate surface area is 164 Å². The molecule has 148 valence electrons. The van der Waals surface area contributed by atoms with Crippen LogP contribution in [-0.4, -0.2) is 32.1 Å². The van der Waals surface area contributed by atoms with Gasteiger partial charge in [0.05, 0.1) is 17.5 Å². The van der Waals surface area contributed by atoms with E-state index in [1.165, 1.54) is 38.1 Å². The minimum absolute atomic E-state index is 0.0247. The lowest BCUT2D eigenvalue weighted by Crippen LogP contribution is -2.41. The van der Waals surface area contributed by atoms with Gasteiger partial charge in [0.1, 0.15) is 11.0 Å². The van der Waals surface area contributed by atoms with Gasteiger partial charge < -0.3 is 15.4 Å². The van der Waals surface area contributed by atoms with E-state index in [0.717, 1.165) is 5.56 Å². The Bertz CT molecular complexity index is 986. The van der Waals surface area contributed by atoms with Crippen molar-refractivity contribution in [3.8, 4) is 5.75 Å². The number of amides is 2. The molecular weight excluding hydrogens is 380 g/mol. The van der Waals surface area contributed by atoms with E-state index < -0.39 is 21.0 Å². The van der Waals surface area contributed by atoms with Gasteiger partial charge in [0, 0.05) is 24.6 Å². The summed E-state index contributed by atoms with van der Waals surface area (Å²) in [5.74, 6) is -0.115. The van der Waals surface area contributed by atoms with Crippen LogP contribution in [-0.2, 0) is 19.4 Å². The third kappa shape index (κ3) is 4.17. The number of para-hydroxylation sites is 1. The van der Waals surface area contributed by atoms with Crippen molar-refractivity contribution in [1.29, 1.82) is 0 Å². The fourth-order valence-electron chi connectivity index (χ4n) is 3.06. The zero-order chi connectivity index (χ0) is 20.3. The molecule has 1 heterocycles. The van der Waals surface area contributed by atoms with Crippen LogP contribution < -0.4 is 15.4 Å². The van der Waals surface area contributed by atoms with Gasteiger partial charge in [0.2, 0.25) is 11.8 Å². The zero-order valence-corrected chi connectivity index (χ0v) is 16.5. The number of rotatable bonds is 5. The van der Waals surface area contributed by atoms with E-state index in [-0.39, 0.29) is 16.8 Å². The smallest absolute Gasteiger partial charge is 0.238 e. The van der Waals surface area contributed by atoms with Crippen molar-refractivity contribution in [3.63, 3.8) is 0 Å². The Morgan fingerprint density at radius 1 is 1.11 bits per heavy atom. The van der Waals surface area contributed by atoms with Crippen molar-refractivity contribution in [3.05, 3.63) is 54.1 Å². The number of anilines is 1. The summed E-state index contributed by atoms with van der Waals surface area (Å²) in [5, 5.41) is 4.15. The molecule has 2 aromatic rings. The molecular formula is C20H22N2O5S. The molecule has 0 aliphatic carbocycles. The number of benzene rings is 2. The van der Waals surface area contributed by atoms with Gasteiger partial charge in [-0.05, 0) is 37.3 Å². The normalized spacial score (nSPS) is 17.0. The lowest BCUT2D eigenvalue weighted by Gasteiger charge is -2.27. The van der Waals surface area contributed by atoms with Crippen LogP contribution >= 0.6 is 0 Å². The highest BCUT2D eigenvalue weighted by molar-refractivity contribution is 7.92. The maximum absolute atomic E-state index is 12.8. The summed E-state index contributed by atoms with van der Waals surface area (Å²) in [6.07, 6.45) is 0.570. The van der Waals surface area contributed by atoms with Crippen LogP contribution in [0.5, 0.6) is 5.75 Å². The fraction of sp³-hybridized carbons (Fsp3) is 0.300. The Balaban J connectivity index is 1.74. The molecule has 1 aliphatic rings. The Kier molecular flexibility index (Phi) is 5.69. The second-order valence-corrected chi connectivity index (χ2v) is 8.90. The van der Waals surface area contributed by atoms with Crippen LogP contribution in [0.15, 0.2) is 53.4 Å². The summed E-state index contributed by atoms with van der Waals surface area (Å²) < 4.78 is 31.2. The minimum Gasteiger partial charge on any atom is -0.493 e. The van der Waals surface area contributed by atoms with E-state index in [2.05, 4.69) is 10.6 Å². The van der Waals surface area contributed by atoms with Crippen molar-refractivity contribution in [2.24, 2.45) is 0 Å². The monoisotopic (exact) mass is 402 g/mol. The zero-order valence-electron chi connectivity index (χ0n) is 15.6. The van der Waals surface area contributed by atoms with Crippen LogP contribution in [0.25, 0.3) is 0 Å². The average molecular weight is 402 g/mol. The van der Waals surface area contributed by atoms with Crippen molar-refractivity contribution in [2.45, 2.75) is 36.5 Å². The first kappa shape index (κ1) is 19.9. The summed E-state index contributed by atoms with van der Waals surface area (Å²) in [6, 6.07) is 12.8. The molecule has 2 amide bonds. The molecule has 0 aromatic heterocycles. The lowest BCUT2D eigenvalue weighted by atomic mass is 10.0. The molecule has 1 aliphatic heterocycles. The highest BCUT2D eigenvalue weighted by atomic mass is 32.2. The van der Waals surface area contributed by atoms with Crippen molar-refractivity contribution < 1.29 is 22.7 Å². The topological polar surface area (TPSA) is 102 Å². The van der Waals surface area contributed by atoms with Crippen LogP contribution in [0, 0.1) is 0 Å². The molecule has 7 nitrogen and oxygen atoms in total. The molecule has 0 bridgehead atoms. The van der Waals surface area contributed by atoms with E-state index in [0.29, 0.717) is 24.5 Å². The largest absolute Gasteiger partial charge is 0.493 e. The molecule has 3 rings (SSSR count). The predicted molar refractivity (Wildman–Crippen MR) is 105 cm³/mol. The molecule has 2 atom stereocenters. The first-order valence-corrected chi connectivity index (χ1v) is 10.5. The third-order valence-corrected chi connectivity index (χ3v) is 6.69. The summed E-state index contributed by atoms with van der Waals surface area (Å²) >= 11 is 0. The van der Waals surface area contributed by atoms with Gasteiger partial charge in [-0.1, -0.05) is 18.2 Å². The average Bonchev–Trinajstić information content (AvgIpc) is 2.67. The molecule has 28 heavy (non-hydrogen) atoms. The Morgan fingerprint density at radius 3 is 2.46 bits per heavy atom. The number of hydrogen-bond donors (Lipinski definition) is 2. The molecule has 0 fully saturated rings. The number of ether oxygens (including phenoxy) is 1. The molecule has 2 unspecified atom stereocenters. The van der Waals surface area contributed by atoms with Gasteiger partial charge in [-0.2, -0.15) is 0 Å². The van der Waals surface area contributed by atoms with Gasteiger partial charge >= 0.3 is 0 Å². The van der Waals surface area contributed by atoms with Crippen molar-refractivity contribution in [1.82, 2.24) is 5.32 Å². The summed E-state index contributed by atoms with van der Waals surface area (Å²) in [5.41, 5.74) is 1.33. The number of carbonyl (C=O) groups is 2. The van der Waals surface area contributed by atoms with E-state index in [9.17, 15) is 18.0 Å². The summed E-state index contributed by atoms with van der Waals surface area (Å²) in [7, 11) is -3.87. The van der Waals surface area contributed by atoms with Gasteiger partial charge in [0.15, 0.2) is 9.84 Å². The van der Waals surface area contributed by atoms with E-state index in [1.807, 2.05) is 24.3 Å². The number of hydrogen-bond acceptors (Lipinski definition) is 5. The lowest BCUT2D eigenvalue weighted by molar-refractivity contribution is -0.121. The quantitative estimate of drug-likeness (QED) is 0.800. The van der Waals surface area contributed by atoms with Gasteiger partial charge in [-0.25, -0.2) is 8.42 Å². The SMILES string of the molecule is CC(=O)Nc1ccc(S(=O)(=O)C(C)C(=O)NC2CCOc3ccccc32)cc1. The van der Waals surface area contributed by atoms with Gasteiger partial charge in [-0.3, -0.25) is 9.59 Å². The minimum atomic E-state index is -3.87. The number of nitrogens with one attached hydrogen (secondary N) is 2. The molecule has 2 N–H and O–H groups in total. The predicted octanol–water partition coefficient (Wildman–Crippen LogP) is 2.45. The van der Waals surface area contributed by atoms with E-state index >= 15 is 0 Å². The molecule has 0 spiro atoms. The molecule has 0 radical (unpaired) electrons. The van der Waals surface area contributed by atoms with E-state index in [4.69, 9.17) is 4.74 Å². The third-order valence-electron chi connectivity index (χ3n) is 4.61. The Morgan fingerprint density at radius 2 is 1.79 bits per heavy atom. The van der Waals surface area contributed by atoms with E-state index in [1.54, 1.807) is 0 Å². The number of fused-ring (bicyclic) bond motifs is 1. The summed E-state index contributed by atoms with van der Waals surface area (Å²) in [6.45, 7) is 3.19. The van der Waals surface area contributed by atoms with Crippen molar-refractivity contribution >= 4 is 27.3 Å². The van der Waals surface area contributed by atoms with Gasteiger partial charge in [-0.15, -0.1) is 0 Å². The first-order valence-electron chi connectivity index (χ1n) is 8.92. The standard InChI is InChI=1S/C20H22N2O5S/c1-13(28(25,26)16-9-7-15(8-10-16)21-14(2)23)20(24)22-18-11-12-27-19-6-4-3-5-17(18)19/h3-10,13,18H,11-12H2,1-2H3,(H,21,23)(H,22,24). The molecule has 8 heteroatoms. The van der Waals surface area contributed by atoms with Crippen LogP contribution in [0.1, 0.15) is 31.9 Å². The van der Waals surface area contributed by atoms with Crippen LogP contribution in [0.2, 0.25) is 0 Å².